The smallest absolute Gasteiger partial charge is 0.340 e. The Morgan fingerprint density at radius 1 is 1.39 bits per heavy atom. The minimum absolute atomic E-state index is 0.189. The first-order chi connectivity index (χ1) is 11.1. The summed E-state index contributed by atoms with van der Waals surface area (Å²) in [5, 5.41) is 2.74. The Morgan fingerprint density at radius 2 is 2.17 bits per heavy atom. The van der Waals surface area contributed by atoms with Gasteiger partial charge in [-0.15, -0.1) is 0 Å². The summed E-state index contributed by atoms with van der Waals surface area (Å²) in [5.74, 6) is -0.913. The minimum Gasteiger partial charge on any atom is -0.433 e. The summed E-state index contributed by atoms with van der Waals surface area (Å²) in [6.07, 6.45) is -0.154. The van der Waals surface area contributed by atoms with E-state index in [1.165, 1.54) is 4.90 Å². The number of amides is 2. The zero-order valence-corrected chi connectivity index (χ0v) is 12.8. The lowest BCUT2D eigenvalue weighted by atomic mass is 10.1. The van der Waals surface area contributed by atoms with Crippen LogP contribution in [0.4, 0.5) is 0 Å². The van der Waals surface area contributed by atoms with E-state index < -0.39 is 18.2 Å². The predicted octanol–water partition coefficient (Wildman–Crippen LogP) is 0.609. The zero-order chi connectivity index (χ0) is 16.4. The van der Waals surface area contributed by atoms with Crippen LogP contribution in [0.15, 0.2) is 24.3 Å². The third-order valence-corrected chi connectivity index (χ3v) is 4.08. The predicted molar refractivity (Wildman–Crippen MR) is 79.4 cm³/mol. The van der Waals surface area contributed by atoms with Crippen molar-refractivity contribution < 1.29 is 23.9 Å². The van der Waals surface area contributed by atoms with Gasteiger partial charge in [-0.25, -0.2) is 4.79 Å². The van der Waals surface area contributed by atoms with Gasteiger partial charge in [0.05, 0.1) is 12.2 Å². The van der Waals surface area contributed by atoms with Crippen molar-refractivity contribution in [3.63, 3.8) is 0 Å². The maximum Gasteiger partial charge on any atom is 0.340 e. The van der Waals surface area contributed by atoms with Gasteiger partial charge < -0.3 is 14.8 Å². The molecule has 1 fully saturated rings. The molecule has 0 aliphatic carbocycles. The van der Waals surface area contributed by atoms with Gasteiger partial charge in [0.15, 0.2) is 0 Å². The lowest BCUT2D eigenvalue weighted by Gasteiger charge is -2.29. The molecule has 2 aliphatic rings. The number of hydrogen-bond acceptors (Lipinski definition) is 5. The topological polar surface area (TPSA) is 84.9 Å². The summed E-state index contributed by atoms with van der Waals surface area (Å²) in [6.45, 7) is 0.766. The molecule has 2 atom stereocenters. The average molecular weight is 318 g/mol. The molecule has 0 bridgehead atoms. The van der Waals surface area contributed by atoms with Crippen molar-refractivity contribution in [1.29, 1.82) is 0 Å². The van der Waals surface area contributed by atoms with Gasteiger partial charge >= 0.3 is 5.97 Å². The molecule has 3 rings (SSSR count). The standard InChI is InChI=1S/C16H18N2O5/c1-22-9-8-17-14(20)12-6-7-13(19)18(12)15-10-4-2-3-5-11(10)16(21)23-15/h2-5,12,15H,6-9H2,1H3,(H,17,20)/t12-,15+/m1/s1. The number of benzene rings is 1. The fourth-order valence-corrected chi connectivity index (χ4v) is 2.98. The summed E-state index contributed by atoms with van der Waals surface area (Å²) in [6, 6.07) is 6.29. The Bertz CT molecular complexity index is 645. The SMILES string of the molecule is COCCNC(=O)[C@H]1CCC(=O)N1[C@H]1OC(=O)c2ccccc21. The second-order valence-corrected chi connectivity index (χ2v) is 5.48. The summed E-state index contributed by atoms with van der Waals surface area (Å²) >= 11 is 0. The van der Waals surface area contributed by atoms with Gasteiger partial charge in [0.2, 0.25) is 18.0 Å². The Hall–Kier alpha value is -2.41. The maximum absolute atomic E-state index is 12.3. The van der Waals surface area contributed by atoms with E-state index in [4.69, 9.17) is 9.47 Å². The Kier molecular flexibility index (Phi) is 4.29. The van der Waals surface area contributed by atoms with Crippen molar-refractivity contribution in [2.75, 3.05) is 20.3 Å². The number of likely N-dealkylation sites (tertiary alicyclic amines) is 1. The van der Waals surface area contributed by atoms with Crippen molar-refractivity contribution in [1.82, 2.24) is 10.2 Å². The molecular weight excluding hydrogens is 300 g/mol. The molecule has 2 amide bonds. The number of cyclic esters (lactones) is 1. The van der Waals surface area contributed by atoms with Crippen LogP contribution in [0.1, 0.15) is 35.0 Å². The highest BCUT2D eigenvalue weighted by Gasteiger charge is 2.46. The molecule has 122 valence electrons. The molecule has 7 heteroatoms. The van der Waals surface area contributed by atoms with Gasteiger partial charge in [-0.1, -0.05) is 18.2 Å². The monoisotopic (exact) mass is 318 g/mol. The van der Waals surface area contributed by atoms with Crippen LogP contribution in [0.25, 0.3) is 0 Å². The third-order valence-electron chi connectivity index (χ3n) is 4.08. The van der Waals surface area contributed by atoms with Gasteiger partial charge in [-0.2, -0.15) is 0 Å². The molecule has 7 nitrogen and oxygen atoms in total. The van der Waals surface area contributed by atoms with E-state index in [-0.39, 0.29) is 18.2 Å². The molecule has 23 heavy (non-hydrogen) atoms. The summed E-state index contributed by atoms with van der Waals surface area (Å²) < 4.78 is 10.3. The summed E-state index contributed by atoms with van der Waals surface area (Å²) in [5.41, 5.74) is 1.07. The Balaban J connectivity index is 1.81. The number of esters is 1. The molecule has 0 radical (unpaired) electrons. The molecule has 1 aromatic carbocycles. The summed E-state index contributed by atoms with van der Waals surface area (Å²) in [4.78, 5) is 37.9. The minimum atomic E-state index is -0.827. The van der Waals surface area contributed by atoms with Gasteiger partial charge in [-0.3, -0.25) is 14.5 Å². The molecular formula is C16H18N2O5. The van der Waals surface area contributed by atoms with Crippen LogP contribution >= 0.6 is 0 Å². The van der Waals surface area contributed by atoms with Crippen molar-refractivity contribution in [2.45, 2.75) is 25.1 Å². The van der Waals surface area contributed by atoms with Crippen molar-refractivity contribution in [2.24, 2.45) is 0 Å². The number of carbonyl (C=O) groups is 3. The number of fused-ring (bicyclic) bond motifs is 1. The van der Waals surface area contributed by atoms with Gasteiger partial charge in [0, 0.05) is 25.6 Å². The highest BCUT2D eigenvalue weighted by molar-refractivity contribution is 5.96. The van der Waals surface area contributed by atoms with E-state index in [1.807, 2.05) is 0 Å². The number of hydrogen-bond donors (Lipinski definition) is 1. The Labute approximate surface area is 133 Å². The molecule has 0 aromatic heterocycles. The molecule has 0 saturated carbocycles. The quantitative estimate of drug-likeness (QED) is 0.635. The molecule has 1 N–H and O–H groups in total. The number of methoxy groups -OCH3 is 1. The average Bonchev–Trinajstić information content (AvgIpc) is 3.08. The Morgan fingerprint density at radius 3 is 2.96 bits per heavy atom. The number of carbonyl (C=O) groups excluding carboxylic acids is 3. The first-order valence-corrected chi connectivity index (χ1v) is 7.51. The summed E-state index contributed by atoms with van der Waals surface area (Å²) in [7, 11) is 1.55. The largest absolute Gasteiger partial charge is 0.433 e. The van der Waals surface area contributed by atoms with E-state index in [1.54, 1.807) is 31.4 Å². The normalized spacial score (nSPS) is 22.9. The van der Waals surface area contributed by atoms with E-state index in [9.17, 15) is 14.4 Å². The zero-order valence-electron chi connectivity index (χ0n) is 12.8. The van der Waals surface area contributed by atoms with E-state index in [2.05, 4.69) is 5.32 Å². The lowest BCUT2D eigenvalue weighted by molar-refractivity contribution is -0.145. The number of nitrogens with one attached hydrogen (secondary N) is 1. The fraction of sp³-hybridized carbons (Fsp3) is 0.438. The highest BCUT2D eigenvalue weighted by atomic mass is 16.6. The van der Waals surface area contributed by atoms with E-state index in [0.29, 0.717) is 30.7 Å². The van der Waals surface area contributed by atoms with Crippen LogP contribution in [-0.2, 0) is 19.1 Å². The first-order valence-electron chi connectivity index (χ1n) is 7.51. The van der Waals surface area contributed by atoms with Crippen LogP contribution < -0.4 is 5.32 Å². The maximum atomic E-state index is 12.3. The molecule has 1 aromatic rings. The number of nitrogens with zero attached hydrogens (tertiary/aromatic N) is 1. The fourth-order valence-electron chi connectivity index (χ4n) is 2.98. The molecule has 1 saturated heterocycles. The van der Waals surface area contributed by atoms with Crippen LogP contribution in [0.3, 0.4) is 0 Å². The number of rotatable bonds is 5. The second-order valence-electron chi connectivity index (χ2n) is 5.48. The van der Waals surface area contributed by atoms with Crippen LogP contribution in [0.2, 0.25) is 0 Å². The van der Waals surface area contributed by atoms with Crippen molar-refractivity contribution in [3.05, 3.63) is 35.4 Å². The highest BCUT2D eigenvalue weighted by Crippen LogP contribution is 2.38. The lowest BCUT2D eigenvalue weighted by Crippen LogP contribution is -2.47. The third kappa shape index (κ3) is 2.79. The number of ether oxygens (including phenoxy) is 2. The molecule has 0 spiro atoms. The van der Waals surface area contributed by atoms with Crippen molar-refractivity contribution >= 4 is 17.8 Å². The van der Waals surface area contributed by atoms with Crippen molar-refractivity contribution in [3.8, 4) is 0 Å². The van der Waals surface area contributed by atoms with Gasteiger partial charge in [0.1, 0.15) is 6.04 Å². The van der Waals surface area contributed by atoms with E-state index >= 15 is 0 Å². The van der Waals surface area contributed by atoms with Crippen LogP contribution in [0, 0.1) is 0 Å². The second kappa shape index (κ2) is 6.37. The van der Waals surface area contributed by atoms with E-state index in [0.717, 1.165) is 0 Å². The molecule has 0 unspecified atom stereocenters. The molecule has 2 heterocycles. The van der Waals surface area contributed by atoms with Gasteiger partial charge in [0.25, 0.3) is 0 Å². The van der Waals surface area contributed by atoms with Crippen LogP contribution in [-0.4, -0.2) is 49.0 Å². The van der Waals surface area contributed by atoms with Gasteiger partial charge in [-0.05, 0) is 12.5 Å². The molecule has 2 aliphatic heterocycles. The van der Waals surface area contributed by atoms with Crippen LogP contribution in [0.5, 0.6) is 0 Å². The first kappa shape index (κ1) is 15.5.